The fourth-order valence-corrected chi connectivity index (χ4v) is 2.58. The molecule has 1 saturated heterocycles. The van der Waals surface area contributed by atoms with Crippen LogP contribution in [0.5, 0.6) is 0 Å². The second-order valence-electron chi connectivity index (χ2n) is 4.95. The van der Waals surface area contributed by atoms with Gasteiger partial charge in [-0.1, -0.05) is 0 Å². The lowest BCUT2D eigenvalue weighted by Crippen LogP contribution is -2.21. The van der Waals surface area contributed by atoms with Gasteiger partial charge in [0.2, 0.25) is 0 Å². The highest BCUT2D eigenvalue weighted by Gasteiger charge is 2.22. The van der Waals surface area contributed by atoms with Crippen molar-refractivity contribution in [1.29, 1.82) is 0 Å². The van der Waals surface area contributed by atoms with E-state index in [1.807, 2.05) is 25.1 Å². The summed E-state index contributed by atoms with van der Waals surface area (Å²) in [6, 6.07) is 7.85. The highest BCUT2D eigenvalue weighted by Crippen LogP contribution is 2.30. The molecule has 0 spiro atoms. The highest BCUT2D eigenvalue weighted by atomic mass is 16.3. The number of nitrogens with two attached hydrogens (primary N) is 1. The molecule has 3 N–H and O–H groups in total. The Kier molecular flexibility index (Phi) is 2.59. The standard InChI is InChI=1S/C14H17N3O/c1-9-6-14(17-5-4-11(18)8-17)12-7-10(15)2-3-13(12)16-9/h2-3,6-7,11,18H,4-5,8,15H2,1H3. The number of nitrogens with zero attached hydrogens (tertiary/aromatic N) is 2. The first-order chi connectivity index (χ1) is 8.63. The first-order valence-electron chi connectivity index (χ1n) is 6.23. The maximum atomic E-state index is 9.67. The minimum Gasteiger partial charge on any atom is -0.399 e. The Labute approximate surface area is 106 Å². The van der Waals surface area contributed by atoms with Crippen molar-refractivity contribution in [3.05, 3.63) is 30.0 Å². The van der Waals surface area contributed by atoms with Gasteiger partial charge in [-0.05, 0) is 37.6 Å². The molecule has 1 aromatic heterocycles. The van der Waals surface area contributed by atoms with Crippen LogP contribution in [-0.4, -0.2) is 29.3 Å². The molecular formula is C14H17N3O. The molecule has 0 aliphatic carbocycles. The Morgan fingerprint density at radius 3 is 2.94 bits per heavy atom. The summed E-state index contributed by atoms with van der Waals surface area (Å²) in [7, 11) is 0. The van der Waals surface area contributed by atoms with E-state index in [-0.39, 0.29) is 6.10 Å². The summed E-state index contributed by atoms with van der Waals surface area (Å²) in [5.74, 6) is 0. The third-order valence-electron chi connectivity index (χ3n) is 3.44. The number of hydrogen-bond acceptors (Lipinski definition) is 4. The monoisotopic (exact) mass is 243 g/mol. The van der Waals surface area contributed by atoms with Gasteiger partial charge in [0.05, 0.1) is 11.6 Å². The number of β-amino-alcohol motifs (C(OH)–C–C–N with tert-alkyl or cyclic N) is 1. The van der Waals surface area contributed by atoms with E-state index in [9.17, 15) is 5.11 Å². The third kappa shape index (κ3) is 1.88. The molecule has 4 heteroatoms. The summed E-state index contributed by atoms with van der Waals surface area (Å²) >= 11 is 0. The van der Waals surface area contributed by atoms with E-state index in [0.29, 0.717) is 6.54 Å². The molecule has 0 saturated carbocycles. The number of anilines is 2. The molecule has 18 heavy (non-hydrogen) atoms. The van der Waals surface area contributed by atoms with Crippen molar-refractivity contribution in [3.8, 4) is 0 Å². The second kappa shape index (κ2) is 4.14. The van der Waals surface area contributed by atoms with Crippen LogP contribution in [0.1, 0.15) is 12.1 Å². The van der Waals surface area contributed by atoms with Gasteiger partial charge in [-0.25, -0.2) is 0 Å². The predicted molar refractivity (Wildman–Crippen MR) is 73.7 cm³/mol. The average molecular weight is 243 g/mol. The normalized spacial score (nSPS) is 19.7. The van der Waals surface area contributed by atoms with E-state index in [0.717, 1.165) is 40.9 Å². The minimum atomic E-state index is -0.227. The number of nitrogen functional groups attached to an aromatic ring is 1. The lowest BCUT2D eigenvalue weighted by molar-refractivity contribution is 0.198. The Morgan fingerprint density at radius 1 is 1.39 bits per heavy atom. The molecule has 94 valence electrons. The predicted octanol–water partition coefficient (Wildman–Crippen LogP) is 1.70. The Bertz CT molecular complexity index is 597. The molecule has 1 aromatic carbocycles. The van der Waals surface area contributed by atoms with Crippen molar-refractivity contribution in [3.63, 3.8) is 0 Å². The van der Waals surface area contributed by atoms with Gasteiger partial charge in [0, 0.05) is 35.5 Å². The number of pyridine rings is 1. The summed E-state index contributed by atoms with van der Waals surface area (Å²) < 4.78 is 0. The van der Waals surface area contributed by atoms with E-state index in [4.69, 9.17) is 5.73 Å². The Hall–Kier alpha value is -1.81. The lowest BCUT2D eigenvalue weighted by atomic mass is 10.1. The molecule has 1 aliphatic heterocycles. The minimum absolute atomic E-state index is 0.227. The quantitative estimate of drug-likeness (QED) is 0.748. The number of aliphatic hydroxyl groups is 1. The second-order valence-corrected chi connectivity index (χ2v) is 4.95. The van der Waals surface area contributed by atoms with E-state index in [1.54, 1.807) is 0 Å². The number of fused-ring (bicyclic) bond motifs is 1. The molecule has 3 rings (SSSR count). The van der Waals surface area contributed by atoms with Crippen molar-refractivity contribution < 1.29 is 5.11 Å². The molecule has 1 aliphatic rings. The van der Waals surface area contributed by atoms with Crippen molar-refractivity contribution in [2.75, 3.05) is 23.7 Å². The smallest absolute Gasteiger partial charge is 0.0731 e. The largest absolute Gasteiger partial charge is 0.399 e. The average Bonchev–Trinajstić information content (AvgIpc) is 2.75. The summed E-state index contributed by atoms with van der Waals surface area (Å²) in [6.45, 7) is 3.56. The molecule has 2 aromatic rings. The van der Waals surface area contributed by atoms with Crippen molar-refractivity contribution >= 4 is 22.3 Å². The molecule has 2 heterocycles. The van der Waals surface area contributed by atoms with Crippen LogP contribution in [0.4, 0.5) is 11.4 Å². The van der Waals surface area contributed by atoms with Gasteiger partial charge in [-0.15, -0.1) is 0 Å². The maximum absolute atomic E-state index is 9.67. The van der Waals surface area contributed by atoms with Crippen LogP contribution in [0.3, 0.4) is 0 Å². The van der Waals surface area contributed by atoms with Crippen LogP contribution in [0.2, 0.25) is 0 Å². The van der Waals surface area contributed by atoms with Gasteiger partial charge >= 0.3 is 0 Å². The molecule has 1 atom stereocenters. The van der Waals surface area contributed by atoms with Gasteiger partial charge in [0.15, 0.2) is 0 Å². The van der Waals surface area contributed by atoms with Crippen LogP contribution in [-0.2, 0) is 0 Å². The lowest BCUT2D eigenvalue weighted by Gasteiger charge is -2.20. The van der Waals surface area contributed by atoms with Gasteiger partial charge in [-0.3, -0.25) is 4.98 Å². The van der Waals surface area contributed by atoms with Gasteiger partial charge in [-0.2, -0.15) is 0 Å². The van der Waals surface area contributed by atoms with Gasteiger partial charge < -0.3 is 15.7 Å². The third-order valence-corrected chi connectivity index (χ3v) is 3.44. The number of aliphatic hydroxyl groups excluding tert-OH is 1. The topological polar surface area (TPSA) is 62.4 Å². The first kappa shape index (κ1) is 11.3. The van der Waals surface area contributed by atoms with E-state index < -0.39 is 0 Å². The number of aryl methyl sites for hydroxylation is 1. The van der Waals surface area contributed by atoms with Crippen molar-refractivity contribution in [1.82, 2.24) is 4.98 Å². The number of aromatic nitrogens is 1. The van der Waals surface area contributed by atoms with Crippen LogP contribution < -0.4 is 10.6 Å². The molecule has 4 nitrogen and oxygen atoms in total. The van der Waals surface area contributed by atoms with Crippen LogP contribution >= 0.6 is 0 Å². The first-order valence-corrected chi connectivity index (χ1v) is 6.23. The van der Waals surface area contributed by atoms with E-state index in [1.165, 1.54) is 0 Å². The van der Waals surface area contributed by atoms with Gasteiger partial charge in [0.25, 0.3) is 0 Å². The zero-order chi connectivity index (χ0) is 12.7. The number of hydrogen-bond donors (Lipinski definition) is 2. The zero-order valence-corrected chi connectivity index (χ0v) is 10.4. The Morgan fingerprint density at radius 2 is 2.22 bits per heavy atom. The maximum Gasteiger partial charge on any atom is 0.0731 e. The highest BCUT2D eigenvalue weighted by molar-refractivity contribution is 5.94. The van der Waals surface area contributed by atoms with E-state index in [2.05, 4.69) is 16.0 Å². The fourth-order valence-electron chi connectivity index (χ4n) is 2.58. The molecule has 1 fully saturated rings. The summed E-state index contributed by atoms with van der Waals surface area (Å²) in [5.41, 5.74) is 9.68. The van der Waals surface area contributed by atoms with Gasteiger partial charge in [0.1, 0.15) is 0 Å². The summed E-state index contributed by atoms with van der Waals surface area (Å²) in [6.07, 6.45) is 0.597. The van der Waals surface area contributed by atoms with Crippen molar-refractivity contribution in [2.24, 2.45) is 0 Å². The van der Waals surface area contributed by atoms with Crippen molar-refractivity contribution in [2.45, 2.75) is 19.4 Å². The molecule has 0 bridgehead atoms. The number of rotatable bonds is 1. The van der Waals surface area contributed by atoms with Crippen LogP contribution in [0, 0.1) is 6.92 Å². The van der Waals surface area contributed by atoms with E-state index >= 15 is 0 Å². The SMILES string of the molecule is Cc1cc(N2CCC(O)C2)c2cc(N)ccc2n1. The zero-order valence-electron chi connectivity index (χ0n) is 10.4. The molecule has 0 amide bonds. The molecule has 1 unspecified atom stereocenters. The van der Waals surface area contributed by atoms with Crippen LogP contribution in [0.15, 0.2) is 24.3 Å². The Balaban J connectivity index is 2.17. The number of benzene rings is 1. The molecule has 0 radical (unpaired) electrons. The molecular weight excluding hydrogens is 226 g/mol. The van der Waals surface area contributed by atoms with Crippen LogP contribution in [0.25, 0.3) is 10.9 Å². The fraction of sp³-hybridized carbons (Fsp3) is 0.357. The summed E-state index contributed by atoms with van der Waals surface area (Å²) in [4.78, 5) is 6.73. The summed E-state index contributed by atoms with van der Waals surface area (Å²) in [5, 5.41) is 10.7.